The monoisotopic (exact) mass is 604 g/mol. The molecule has 27 heavy (non-hydrogen) atoms. The van der Waals surface area contributed by atoms with Gasteiger partial charge in [0.25, 0.3) is 10.1 Å². The van der Waals surface area contributed by atoms with Crippen LogP contribution in [0.1, 0.15) is 16.8 Å². The highest BCUT2D eigenvalue weighted by Gasteiger charge is 2.45. The Morgan fingerprint density at radius 2 is 1.67 bits per heavy atom. The fourth-order valence-corrected chi connectivity index (χ4v) is 4.86. The van der Waals surface area contributed by atoms with Crippen LogP contribution in [-0.2, 0) is 24.4 Å². The molecule has 0 aromatic heterocycles. The molecule has 0 bridgehead atoms. The van der Waals surface area contributed by atoms with Gasteiger partial charge >= 0.3 is 18.1 Å². The Labute approximate surface area is 176 Å². The van der Waals surface area contributed by atoms with Gasteiger partial charge in [0.1, 0.15) is 12.4 Å². The first-order valence-corrected chi connectivity index (χ1v) is 10.7. The Kier molecular flexibility index (Phi) is 8.72. The summed E-state index contributed by atoms with van der Waals surface area (Å²) >= 11 is 9.49. The molecular formula is C13H10Br3F3O7S. The summed E-state index contributed by atoms with van der Waals surface area (Å²) in [6.07, 6.45) is -8.99. The molecule has 1 aromatic carbocycles. The first-order chi connectivity index (χ1) is 12.2. The third kappa shape index (κ3) is 8.46. The van der Waals surface area contributed by atoms with Crippen LogP contribution in [0.2, 0.25) is 0 Å². The largest absolute Gasteiger partial charge is 0.461 e. The Bertz CT molecular complexity index is 804. The van der Waals surface area contributed by atoms with E-state index in [-0.39, 0.29) is 5.56 Å². The molecule has 0 amide bonds. The predicted octanol–water partition coefficient (Wildman–Crippen LogP) is 3.88. The summed E-state index contributed by atoms with van der Waals surface area (Å²) in [7, 11) is -5.03. The van der Waals surface area contributed by atoms with E-state index in [1.807, 2.05) is 0 Å². The molecule has 14 heteroatoms. The summed E-state index contributed by atoms with van der Waals surface area (Å²) in [5.41, 5.74) is 0.0890. The molecule has 7 nitrogen and oxygen atoms in total. The van der Waals surface area contributed by atoms with E-state index in [0.717, 1.165) is 0 Å². The highest BCUT2D eigenvalue weighted by Crippen LogP contribution is 2.30. The lowest BCUT2D eigenvalue weighted by molar-refractivity contribution is -0.215. The first kappa shape index (κ1) is 24.3. The lowest BCUT2D eigenvalue weighted by Gasteiger charge is -2.19. The zero-order valence-corrected chi connectivity index (χ0v) is 18.5. The number of rotatable bonds is 7. The Hall–Kier alpha value is -0.700. The van der Waals surface area contributed by atoms with Crippen LogP contribution in [-0.4, -0.2) is 49.5 Å². The molecule has 1 atom stereocenters. The van der Waals surface area contributed by atoms with Crippen LogP contribution in [0.3, 0.4) is 0 Å². The van der Waals surface area contributed by atoms with Gasteiger partial charge in [0.2, 0.25) is 6.10 Å². The van der Waals surface area contributed by atoms with Gasteiger partial charge in [-0.15, -0.1) is 0 Å². The molecule has 0 aliphatic carbocycles. The fourth-order valence-electron chi connectivity index (χ4n) is 1.64. The average molecular weight is 607 g/mol. The van der Waals surface area contributed by atoms with Crippen LogP contribution in [0.5, 0.6) is 0 Å². The van der Waals surface area contributed by atoms with Crippen molar-refractivity contribution in [1.29, 1.82) is 0 Å². The van der Waals surface area contributed by atoms with Gasteiger partial charge in [-0.2, -0.15) is 21.6 Å². The number of ether oxygens (including phenoxy) is 2. The third-order valence-corrected chi connectivity index (χ3v) is 5.18. The zero-order valence-electron chi connectivity index (χ0n) is 12.9. The Balaban J connectivity index is 2.65. The molecule has 1 aromatic rings. The lowest BCUT2D eigenvalue weighted by atomic mass is 10.2. The van der Waals surface area contributed by atoms with Gasteiger partial charge in [-0.1, -0.05) is 15.9 Å². The highest BCUT2D eigenvalue weighted by molar-refractivity contribution is 9.11. The molecular weight excluding hydrogens is 597 g/mol. The molecule has 152 valence electrons. The summed E-state index contributed by atoms with van der Waals surface area (Å²) in [4.78, 5) is 23.5. The topological polar surface area (TPSA) is 107 Å². The van der Waals surface area contributed by atoms with Gasteiger partial charge in [-0.25, -0.2) is 4.79 Å². The number of esters is 2. The van der Waals surface area contributed by atoms with E-state index in [1.54, 1.807) is 12.1 Å². The summed E-state index contributed by atoms with van der Waals surface area (Å²) < 4.78 is 77.9. The molecule has 0 saturated heterocycles. The molecule has 0 aliphatic heterocycles. The van der Waals surface area contributed by atoms with Crippen molar-refractivity contribution >= 4 is 69.8 Å². The van der Waals surface area contributed by atoms with E-state index in [9.17, 15) is 31.2 Å². The normalized spacial score (nSPS) is 13.1. The molecule has 0 fully saturated rings. The maximum Gasteiger partial charge on any atom is 0.426 e. The lowest BCUT2D eigenvalue weighted by Crippen LogP contribution is -2.39. The second-order valence-corrected chi connectivity index (χ2v) is 9.02. The van der Waals surface area contributed by atoms with Crippen molar-refractivity contribution in [3.63, 3.8) is 0 Å². The minimum atomic E-state index is -5.20. The van der Waals surface area contributed by atoms with Crippen LogP contribution in [0, 0.1) is 0 Å². The molecule has 1 unspecified atom stereocenters. The van der Waals surface area contributed by atoms with Crippen molar-refractivity contribution < 1.29 is 45.2 Å². The van der Waals surface area contributed by atoms with Gasteiger partial charge in [-0.05, 0) is 44.0 Å². The van der Waals surface area contributed by atoms with Crippen LogP contribution >= 0.6 is 47.8 Å². The van der Waals surface area contributed by atoms with E-state index in [0.29, 0.717) is 13.4 Å². The summed E-state index contributed by atoms with van der Waals surface area (Å²) in [6, 6.07) is 3.11. The summed E-state index contributed by atoms with van der Waals surface area (Å²) in [5.74, 6) is -4.15. The fraction of sp³-hybridized carbons (Fsp3) is 0.385. The number of hydrogen-bond acceptors (Lipinski definition) is 6. The number of alkyl halides is 3. The van der Waals surface area contributed by atoms with Crippen molar-refractivity contribution in [3.05, 3.63) is 31.1 Å². The van der Waals surface area contributed by atoms with Crippen molar-refractivity contribution in [2.24, 2.45) is 0 Å². The Morgan fingerprint density at radius 1 is 1.15 bits per heavy atom. The summed E-state index contributed by atoms with van der Waals surface area (Å²) in [6.45, 7) is -0.608. The maximum absolute atomic E-state index is 12.7. The molecule has 1 N–H and O–H groups in total. The highest BCUT2D eigenvalue weighted by atomic mass is 79.9. The number of halogens is 6. The van der Waals surface area contributed by atoms with E-state index >= 15 is 0 Å². The number of carbonyl (C=O) groups is 2. The minimum absolute atomic E-state index is 0.0890. The quantitative estimate of drug-likeness (QED) is 0.371. The van der Waals surface area contributed by atoms with Crippen molar-refractivity contribution in [2.75, 3.05) is 12.4 Å². The molecule has 0 radical (unpaired) electrons. The third-order valence-electron chi connectivity index (χ3n) is 2.75. The van der Waals surface area contributed by atoms with Crippen LogP contribution in [0.4, 0.5) is 13.2 Å². The Morgan fingerprint density at radius 3 is 2.11 bits per heavy atom. The van der Waals surface area contributed by atoms with Crippen molar-refractivity contribution in [3.8, 4) is 0 Å². The molecule has 0 spiro atoms. The second-order valence-electron chi connectivity index (χ2n) is 4.90. The van der Waals surface area contributed by atoms with Crippen molar-refractivity contribution in [1.82, 2.24) is 0 Å². The molecule has 0 aliphatic rings. The standard InChI is InChI=1S/C13H10Br3F3O7S/c14-6-3-7(15)11(8(16)4-6)12(21)25-2-1-10(20)26-9(13(17,18)19)5-27(22,23)24/h3-4,9H,1-2,5H2,(H,22,23,24). The summed E-state index contributed by atoms with van der Waals surface area (Å²) in [5, 5.41) is 0. The smallest absolute Gasteiger partial charge is 0.426 e. The predicted molar refractivity (Wildman–Crippen MR) is 96.8 cm³/mol. The van der Waals surface area contributed by atoms with E-state index in [4.69, 9.17) is 9.29 Å². The number of hydrogen-bond donors (Lipinski definition) is 1. The van der Waals surface area contributed by atoms with Gasteiger partial charge in [0.05, 0.1) is 12.0 Å². The van der Waals surface area contributed by atoms with Gasteiger partial charge in [0.15, 0.2) is 0 Å². The van der Waals surface area contributed by atoms with Crippen molar-refractivity contribution in [2.45, 2.75) is 18.7 Å². The molecule has 0 saturated carbocycles. The minimum Gasteiger partial charge on any atom is -0.461 e. The molecule has 1 rings (SSSR count). The molecule has 0 heterocycles. The first-order valence-electron chi connectivity index (χ1n) is 6.73. The second kappa shape index (κ2) is 9.67. The number of carbonyl (C=O) groups excluding carboxylic acids is 2. The SMILES string of the molecule is O=C(CCOC(=O)c1c(Br)cc(Br)cc1Br)OC(CS(=O)(=O)O)C(F)(F)F. The van der Waals surface area contributed by atoms with Crippen LogP contribution < -0.4 is 0 Å². The van der Waals surface area contributed by atoms with Crippen LogP contribution in [0.25, 0.3) is 0 Å². The average Bonchev–Trinajstić information content (AvgIpc) is 2.42. The number of benzene rings is 1. The van der Waals surface area contributed by atoms with Gasteiger partial charge in [0, 0.05) is 13.4 Å². The zero-order chi connectivity index (χ0) is 21.0. The maximum atomic E-state index is 12.7. The van der Waals surface area contributed by atoms with E-state index < -0.39 is 53.1 Å². The van der Waals surface area contributed by atoms with Crippen LogP contribution in [0.15, 0.2) is 25.6 Å². The van der Waals surface area contributed by atoms with Gasteiger partial charge < -0.3 is 9.47 Å². The van der Waals surface area contributed by atoms with E-state index in [1.165, 1.54) is 0 Å². The van der Waals surface area contributed by atoms with Gasteiger partial charge in [-0.3, -0.25) is 9.35 Å². The van der Waals surface area contributed by atoms with E-state index in [2.05, 4.69) is 52.5 Å².